The van der Waals surface area contributed by atoms with Crippen LogP contribution in [0.4, 0.5) is 5.69 Å². The highest BCUT2D eigenvalue weighted by Crippen LogP contribution is 2.30. The van der Waals surface area contributed by atoms with Crippen molar-refractivity contribution in [2.75, 3.05) is 11.4 Å². The van der Waals surface area contributed by atoms with Gasteiger partial charge in [0, 0.05) is 22.7 Å². The van der Waals surface area contributed by atoms with Crippen molar-refractivity contribution in [3.05, 3.63) is 77.3 Å². The summed E-state index contributed by atoms with van der Waals surface area (Å²) in [6.45, 7) is 4.07. The van der Waals surface area contributed by atoms with Gasteiger partial charge in [-0.05, 0) is 18.2 Å². The third-order valence-electron chi connectivity index (χ3n) is 3.65. The summed E-state index contributed by atoms with van der Waals surface area (Å²) >= 11 is 6.17. The molecule has 23 heavy (non-hydrogen) atoms. The third kappa shape index (κ3) is 2.91. The highest BCUT2D eigenvalue weighted by Gasteiger charge is 2.29. The number of anilines is 1. The van der Waals surface area contributed by atoms with E-state index in [4.69, 9.17) is 17.3 Å². The third-order valence-corrected chi connectivity index (χ3v) is 3.89. The molecule has 0 aromatic heterocycles. The topological polar surface area (TPSA) is 58.7 Å². The Labute approximate surface area is 139 Å². The van der Waals surface area contributed by atoms with E-state index in [0.29, 0.717) is 17.3 Å². The lowest BCUT2D eigenvalue weighted by molar-refractivity contribution is -0.119. The van der Waals surface area contributed by atoms with Crippen molar-refractivity contribution in [2.45, 2.75) is 6.17 Å². The molecule has 0 radical (unpaired) electrons. The number of hydrogen-bond donors (Lipinski definition) is 1. The van der Waals surface area contributed by atoms with Crippen LogP contribution in [0.5, 0.6) is 0 Å². The summed E-state index contributed by atoms with van der Waals surface area (Å²) in [7, 11) is 0. The number of amides is 1. The zero-order chi connectivity index (χ0) is 16.4. The Morgan fingerprint density at radius 2 is 2.00 bits per heavy atom. The lowest BCUT2D eigenvalue weighted by Gasteiger charge is -2.22. The number of rotatable bonds is 3. The number of benzodiazepines with no additional fused rings is 1. The first-order valence-electron chi connectivity index (χ1n) is 7.23. The fourth-order valence-electron chi connectivity index (χ4n) is 2.62. The van der Waals surface area contributed by atoms with Crippen LogP contribution in [0, 0.1) is 0 Å². The van der Waals surface area contributed by atoms with Crippen molar-refractivity contribution in [3.63, 3.8) is 0 Å². The summed E-state index contributed by atoms with van der Waals surface area (Å²) in [6.07, 6.45) is 0.701. The number of nitrogens with zero attached hydrogens (tertiary/aromatic N) is 2. The highest BCUT2D eigenvalue weighted by atomic mass is 35.5. The average molecular weight is 326 g/mol. The zero-order valence-electron chi connectivity index (χ0n) is 12.4. The molecule has 2 aromatic carbocycles. The van der Waals surface area contributed by atoms with E-state index in [1.54, 1.807) is 17.0 Å². The molecule has 5 heteroatoms. The van der Waals surface area contributed by atoms with Gasteiger partial charge in [0.2, 0.25) is 0 Å². The smallest absolute Gasteiger partial charge is 0.266 e. The summed E-state index contributed by atoms with van der Waals surface area (Å²) in [5.41, 5.74) is 9.06. The molecule has 0 saturated heterocycles. The van der Waals surface area contributed by atoms with Crippen molar-refractivity contribution < 1.29 is 4.79 Å². The standard InChI is InChI=1S/C18H16ClN3O/c1-2-10-22-15-9-8-13(19)11-14(15)16(21-17(20)18(22)23)12-6-4-3-5-7-12/h2-9,11,17H,1,10,20H2. The molecule has 3 rings (SSSR count). The molecule has 116 valence electrons. The molecule has 0 fully saturated rings. The molecule has 0 aliphatic carbocycles. The van der Waals surface area contributed by atoms with Crippen LogP contribution >= 0.6 is 11.6 Å². The van der Waals surface area contributed by atoms with Crippen LogP contribution in [0.2, 0.25) is 5.02 Å². The molecule has 1 amide bonds. The molecule has 4 nitrogen and oxygen atoms in total. The maximum absolute atomic E-state index is 12.6. The first-order valence-corrected chi connectivity index (χ1v) is 7.60. The van der Waals surface area contributed by atoms with Gasteiger partial charge in [0.15, 0.2) is 6.17 Å². The lowest BCUT2D eigenvalue weighted by atomic mass is 10.00. The number of fused-ring (bicyclic) bond motifs is 1. The van der Waals surface area contributed by atoms with Gasteiger partial charge in [0.1, 0.15) is 0 Å². The molecule has 0 bridgehead atoms. The molecule has 1 unspecified atom stereocenters. The van der Waals surface area contributed by atoms with Crippen LogP contribution in [-0.4, -0.2) is 24.3 Å². The SMILES string of the molecule is C=CCN1C(=O)C(N)N=C(c2ccccc2)c2cc(Cl)ccc21. The van der Waals surface area contributed by atoms with Gasteiger partial charge in [-0.1, -0.05) is 48.0 Å². The largest absolute Gasteiger partial charge is 0.305 e. The molecule has 1 aliphatic rings. The van der Waals surface area contributed by atoms with Crippen molar-refractivity contribution in [2.24, 2.45) is 10.7 Å². The van der Waals surface area contributed by atoms with E-state index in [1.807, 2.05) is 42.5 Å². The molecule has 2 aromatic rings. The van der Waals surface area contributed by atoms with Crippen molar-refractivity contribution in [1.29, 1.82) is 0 Å². The van der Waals surface area contributed by atoms with Gasteiger partial charge >= 0.3 is 0 Å². The van der Waals surface area contributed by atoms with Gasteiger partial charge in [-0.2, -0.15) is 0 Å². The second kappa shape index (κ2) is 6.36. The van der Waals surface area contributed by atoms with Crippen LogP contribution in [0.15, 0.2) is 66.2 Å². The predicted molar refractivity (Wildman–Crippen MR) is 94.1 cm³/mol. The molecule has 1 aliphatic heterocycles. The van der Waals surface area contributed by atoms with Crippen molar-refractivity contribution >= 4 is 28.9 Å². The van der Waals surface area contributed by atoms with Gasteiger partial charge in [0.05, 0.1) is 11.4 Å². The second-order valence-corrected chi connectivity index (χ2v) is 5.62. The van der Waals surface area contributed by atoms with Crippen LogP contribution in [0.25, 0.3) is 0 Å². The first kappa shape index (κ1) is 15.5. The monoisotopic (exact) mass is 325 g/mol. The van der Waals surface area contributed by atoms with Crippen LogP contribution < -0.4 is 10.6 Å². The minimum atomic E-state index is -0.962. The number of hydrogen-bond acceptors (Lipinski definition) is 3. The Bertz CT molecular complexity index is 786. The number of aliphatic imine (C=N–C) groups is 1. The number of halogens is 1. The number of carbonyl (C=O) groups excluding carboxylic acids is 1. The Morgan fingerprint density at radius 1 is 1.26 bits per heavy atom. The first-order chi connectivity index (χ1) is 11.1. The van der Waals surface area contributed by atoms with E-state index in [2.05, 4.69) is 11.6 Å². The summed E-state index contributed by atoms with van der Waals surface area (Å²) in [6, 6.07) is 15.0. The molecule has 1 heterocycles. The maximum atomic E-state index is 12.6. The Hall–Kier alpha value is -2.43. The van der Waals surface area contributed by atoms with Gasteiger partial charge in [-0.25, -0.2) is 0 Å². The van der Waals surface area contributed by atoms with Crippen LogP contribution in [-0.2, 0) is 4.79 Å². The summed E-state index contributed by atoms with van der Waals surface area (Å²) in [5, 5.41) is 0.578. The Morgan fingerprint density at radius 3 is 2.70 bits per heavy atom. The van der Waals surface area contributed by atoms with Crippen molar-refractivity contribution in [3.8, 4) is 0 Å². The number of carbonyl (C=O) groups is 1. The fraction of sp³-hybridized carbons (Fsp3) is 0.111. The molecule has 1 atom stereocenters. The van der Waals surface area contributed by atoms with E-state index in [1.165, 1.54) is 0 Å². The fourth-order valence-corrected chi connectivity index (χ4v) is 2.79. The maximum Gasteiger partial charge on any atom is 0.266 e. The van der Waals surface area contributed by atoms with E-state index in [0.717, 1.165) is 16.8 Å². The summed E-state index contributed by atoms with van der Waals surface area (Å²) in [5.74, 6) is -0.264. The Balaban J connectivity index is 2.25. The molecule has 0 spiro atoms. The summed E-state index contributed by atoms with van der Waals surface area (Å²) in [4.78, 5) is 18.6. The van der Waals surface area contributed by atoms with Crippen LogP contribution in [0.3, 0.4) is 0 Å². The minimum absolute atomic E-state index is 0.264. The molecule has 2 N–H and O–H groups in total. The van der Waals surface area contributed by atoms with Gasteiger partial charge < -0.3 is 10.6 Å². The van der Waals surface area contributed by atoms with E-state index in [9.17, 15) is 4.79 Å². The lowest BCUT2D eigenvalue weighted by Crippen LogP contribution is -2.42. The second-order valence-electron chi connectivity index (χ2n) is 5.19. The van der Waals surface area contributed by atoms with Crippen molar-refractivity contribution in [1.82, 2.24) is 0 Å². The van der Waals surface area contributed by atoms with E-state index in [-0.39, 0.29) is 5.91 Å². The molecular weight excluding hydrogens is 310 g/mol. The zero-order valence-corrected chi connectivity index (χ0v) is 13.2. The average Bonchev–Trinajstić information content (AvgIpc) is 2.66. The van der Waals surface area contributed by atoms with Gasteiger partial charge in [-0.3, -0.25) is 9.79 Å². The van der Waals surface area contributed by atoms with E-state index < -0.39 is 6.17 Å². The Kier molecular flexibility index (Phi) is 4.28. The predicted octanol–water partition coefficient (Wildman–Crippen LogP) is 2.99. The molecular formula is C18H16ClN3O. The normalized spacial score (nSPS) is 17.3. The van der Waals surface area contributed by atoms with Gasteiger partial charge in [-0.15, -0.1) is 6.58 Å². The van der Waals surface area contributed by atoms with Crippen LogP contribution in [0.1, 0.15) is 11.1 Å². The number of nitrogens with two attached hydrogens (primary N) is 1. The highest BCUT2D eigenvalue weighted by molar-refractivity contribution is 6.32. The minimum Gasteiger partial charge on any atom is -0.305 e. The number of benzene rings is 2. The summed E-state index contributed by atoms with van der Waals surface area (Å²) < 4.78 is 0. The molecule has 0 saturated carbocycles. The van der Waals surface area contributed by atoms with E-state index >= 15 is 0 Å². The quantitative estimate of drug-likeness (QED) is 0.882. The van der Waals surface area contributed by atoms with Gasteiger partial charge in [0.25, 0.3) is 5.91 Å².